The zero-order valence-corrected chi connectivity index (χ0v) is 20.1. The number of hydrogen-bond donors (Lipinski definition) is 2. The van der Waals surface area contributed by atoms with Crippen molar-refractivity contribution < 1.29 is 13.2 Å². The van der Waals surface area contributed by atoms with Crippen LogP contribution in [-0.2, 0) is 10.0 Å². The van der Waals surface area contributed by atoms with E-state index in [2.05, 4.69) is 22.7 Å². The normalized spacial score (nSPS) is 20.8. The monoisotopic (exact) mass is 465 g/mol. The quantitative estimate of drug-likeness (QED) is 0.635. The third-order valence-electron chi connectivity index (χ3n) is 6.34. The van der Waals surface area contributed by atoms with Gasteiger partial charge in [0.1, 0.15) is 0 Å². The minimum absolute atomic E-state index is 0.0752. The van der Waals surface area contributed by atoms with E-state index in [0.29, 0.717) is 11.1 Å². The Bertz CT molecular complexity index is 1270. The maximum atomic E-state index is 13.2. The number of nitrogens with one attached hydrogen (secondary N) is 2. The molecule has 0 unspecified atom stereocenters. The first kappa shape index (κ1) is 23.1. The Kier molecular flexibility index (Phi) is 6.61. The molecule has 1 saturated carbocycles. The first-order chi connectivity index (χ1) is 15.8. The van der Waals surface area contributed by atoms with Crippen LogP contribution in [0.4, 0.5) is 10.5 Å². The number of hydrogen-bond acceptors (Lipinski definition) is 4. The van der Waals surface area contributed by atoms with Crippen LogP contribution in [0.15, 0.2) is 76.4 Å². The number of rotatable bonds is 4. The van der Waals surface area contributed by atoms with Crippen molar-refractivity contribution in [2.75, 3.05) is 19.0 Å². The van der Waals surface area contributed by atoms with Crippen LogP contribution in [0, 0.1) is 0 Å². The van der Waals surface area contributed by atoms with Crippen LogP contribution < -0.4 is 14.9 Å². The SMILES string of the molecule is C=C1CCCC/C=C2/CCC/C2=C/1NC(=O)NS(=O)(=O)c1cccc2c(N(C)C)cccc12. The molecule has 0 radical (unpaired) electrons. The maximum absolute atomic E-state index is 13.2. The number of urea groups is 1. The molecule has 0 atom stereocenters. The van der Waals surface area contributed by atoms with Crippen molar-refractivity contribution in [1.82, 2.24) is 10.0 Å². The Morgan fingerprint density at radius 2 is 1.73 bits per heavy atom. The summed E-state index contributed by atoms with van der Waals surface area (Å²) >= 11 is 0. The van der Waals surface area contributed by atoms with E-state index in [0.717, 1.165) is 67.2 Å². The predicted octanol–water partition coefficient (Wildman–Crippen LogP) is 5.39. The third-order valence-corrected chi connectivity index (χ3v) is 7.72. The number of fused-ring (bicyclic) bond motifs is 2. The molecule has 2 aromatic rings. The number of carbonyl (C=O) groups is 1. The Morgan fingerprint density at radius 1 is 0.970 bits per heavy atom. The van der Waals surface area contributed by atoms with Gasteiger partial charge >= 0.3 is 6.03 Å². The van der Waals surface area contributed by atoms with Crippen molar-refractivity contribution in [3.05, 3.63) is 71.5 Å². The van der Waals surface area contributed by atoms with Gasteiger partial charge in [-0.25, -0.2) is 17.9 Å². The Hall–Kier alpha value is -3.06. The predicted molar refractivity (Wildman–Crippen MR) is 134 cm³/mol. The second-order valence-corrected chi connectivity index (χ2v) is 10.5. The van der Waals surface area contributed by atoms with Crippen molar-refractivity contribution in [1.29, 1.82) is 0 Å². The molecule has 0 heterocycles. The number of amides is 2. The van der Waals surface area contributed by atoms with Gasteiger partial charge in [0.25, 0.3) is 10.0 Å². The third kappa shape index (κ3) is 4.83. The van der Waals surface area contributed by atoms with Crippen LogP contribution in [0.5, 0.6) is 0 Å². The fourth-order valence-corrected chi connectivity index (χ4v) is 5.87. The summed E-state index contributed by atoms with van der Waals surface area (Å²) in [5.41, 5.74) is 4.79. The molecule has 0 bridgehead atoms. The zero-order chi connectivity index (χ0) is 23.6. The fraction of sp³-hybridized carbons (Fsp3) is 0.346. The zero-order valence-electron chi connectivity index (χ0n) is 19.3. The van der Waals surface area contributed by atoms with Crippen LogP contribution in [-0.4, -0.2) is 28.5 Å². The molecule has 2 aromatic carbocycles. The second-order valence-electron chi connectivity index (χ2n) is 8.87. The summed E-state index contributed by atoms with van der Waals surface area (Å²) in [4.78, 5) is 14.9. The van der Waals surface area contributed by atoms with Crippen LogP contribution in [0.1, 0.15) is 44.9 Å². The second kappa shape index (κ2) is 9.43. The average Bonchev–Trinajstić information content (AvgIpc) is 3.24. The minimum atomic E-state index is -4.09. The lowest BCUT2D eigenvalue weighted by Gasteiger charge is -2.18. The molecular weight excluding hydrogens is 434 g/mol. The molecule has 2 aliphatic carbocycles. The summed E-state index contributed by atoms with van der Waals surface area (Å²) < 4.78 is 28.7. The molecule has 2 amide bonds. The first-order valence-electron chi connectivity index (χ1n) is 11.4. The summed E-state index contributed by atoms with van der Waals surface area (Å²) in [7, 11) is -0.272. The molecule has 2 N–H and O–H groups in total. The summed E-state index contributed by atoms with van der Waals surface area (Å²) in [6.45, 7) is 4.19. The van der Waals surface area contributed by atoms with E-state index in [1.165, 1.54) is 11.6 Å². The van der Waals surface area contributed by atoms with E-state index in [-0.39, 0.29) is 4.90 Å². The molecule has 6 nitrogen and oxygen atoms in total. The fourth-order valence-electron chi connectivity index (χ4n) is 4.74. The standard InChI is InChI=1S/C26H31N3O3S/c1-18-10-5-4-6-11-19-12-7-13-20(19)25(18)27-26(30)28-33(31,32)24-17-9-14-21-22(24)15-8-16-23(21)29(2)3/h8-9,11,14-17H,1,4-7,10,12-13H2,2-3H3,(H2,27,28,30)/b19-11-,25-20+. The van der Waals surface area contributed by atoms with Gasteiger partial charge in [0.05, 0.1) is 4.90 Å². The van der Waals surface area contributed by atoms with Crippen molar-refractivity contribution >= 4 is 32.5 Å². The first-order valence-corrected chi connectivity index (χ1v) is 12.9. The van der Waals surface area contributed by atoms with Crippen LogP contribution in [0.25, 0.3) is 10.8 Å². The Morgan fingerprint density at radius 3 is 2.52 bits per heavy atom. The minimum Gasteiger partial charge on any atom is -0.377 e. The lowest BCUT2D eigenvalue weighted by atomic mass is 10.0. The van der Waals surface area contributed by atoms with Gasteiger partial charge in [0.2, 0.25) is 0 Å². The molecule has 4 rings (SSSR count). The molecule has 174 valence electrons. The summed E-state index contributed by atoms with van der Waals surface area (Å²) in [5, 5.41) is 4.22. The van der Waals surface area contributed by atoms with Gasteiger partial charge in [0.15, 0.2) is 0 Å². The van der Waals surface area contributed by atoms with Crippen LogP contribution >= 0.6 is 0 Å². The smallest absolute Gasteiger partial charge is 0.333 e. The highest BCUT2D eigenvalue weighted by atomic mass is 32.2. The van der Waals surface area contributed by atoms with Crippen LogP contribution in [0.2, 0.25) is 0 Å². The number of benzene rings is 2. The van der Waals surface area contributed by atoms with E-state index in [1.807, 2.05) is 37.2 Å². The van der Waals surface area contributed by atoms with E-state index in [1.54, 1.807) is 12.1 Å². The number of carbonyl (C=O) groups excluding carboxylic acids is 1. The van der Waals surface area contributed by atoms with Gasteiger partial charge in [0, 0.05) is 36.3 Å². The van der Waals surface area contributed by atoms with Crippen molar-refractivity contribution in [3.8, 4) is 0 Å². The molecular formula is C26H31N3O3S. The summed E-state index contributed by atoms with van der Waals surface area (Å²) in [5.74, 6) is 0. The van der Waals surface area contributed by atoms with Gasteiger partial charge < -0.3 is 10.2 Å². The maximum Gasteiger partial charge on any atom is 0.333 e. The molecule has 0 aromatic heterocycles. The molecule has 0 spiro atoms. The van der Waals surface area contributed by atoms with Gasteiger partial charge in [-0.05, 0) is 73.8 Å². The van der Waals surface area contributed by atoms with Gasteiger partial charge in [-0.3, -0.25) is 0 Å². The number of sulfonamides is 1. The molecule has 2 aliphatic rings. The number of allylic oxidation sites excluding steroid dienone is 4. The van der Waals surface area contributed by atoms with Crippen molar-refractivity contribution in [2.24, 2.45) is 0 Å². The highest BCUT2D eigenvalue weighted by molar-refractivity contribution is 7.90. The van der Waals surface area contributed by atoms with Gasteiger partial charge in [-0.2, -0.15) is 0 Å². The molecule has 7 heteroatoms. The summed E-state index contributed by atoms with van der Waals surface area (Å²) in [6.07, 6.45) is 9.02. The summed E-state index contributed by atoms with van der Waals surface area (Å²) in [6, 6.07) is 9.85. The van der Waals surface area contributed by atoms with Crippen molar-refractivity contribution in [2.45, 2.75) is 49.8 Å². The largest absolute Gasteiger partial charge is 0.377 e. The van der Waals surface area contributed by atoms with E-state index in [9.17, 15) is 13.2 Å². The van der Waals surface area contributed by atoms with Crippen molar-refractivity contribution in [3.63, 3.8) is 0 Å². The van der Waals surface area contributed by atoms with Crippen LogP contribution in [0.3, 0.4) is 0 Å². The highest BCUT2D eigenvalue weighted by Crippen LogP contribution is 2.36. The number of nitrogens with zero attached hydrogens (tertiary/aromatic N) is 1. The van der Waals surface area contributed by atoms with E-state index in [4.69, 9.17) is 0 Å². The number of anilines is 1. The lowest BCUT2D eigenvalue weighted by molar-refractivity contribution is 0.248. The van der Waals surface area contributed by atoms with E-state index >= 15 is 0 Å². The van der Waals surface area contributed by atoms with Gasteiger partial charge in [-0.1, -0.05) is 36.9 Å². The highest BCUT2D eigenvalue weighted by Gasteiger charge is 2.25. The average molecular weight is 466 g/mol. The Labute approximate surface area is 196 Å². The lowest BCUT2D eigenvalue weighted by Crippen LogP contribution is -2.39. The molecule has 0 aliphatic heterocycles. The molecule has 33 heavy (non-hydrogen) atoms. The molecule has 1 fully saturated rings. The van der Waals surface area contributed by atoms with Gasteiger partial charge in [-0.15, -0.1) is 0 Å². The molecule has 0 saturated heterocycles. The Balaban J connectivity index is 1.64. The van der Waals surface area contributed by atoms with E-state index < -0.39 is 16.1 Å². The topological polar surface area (TPSA) is 78.5 Å².